The van der Waals surface area contributed by atoms with Gasteiger partial charge in [-0.15, -0.1) is 0 Å². The normalized spacial score (nSPS) is 13.7. The molecule has 5 N–H and O–H groups in total. The standard InChI is InChI=1S/C31H45N5O12/c1-22(30(41)34-23(2)31(42)35-25-5-3-24(4-6-25)21-48-43)33-27(38)10-13-44-15-17-46-19-20-47-18-16-45-14-11-32-26(37)9-12-36-28(39)7-8-29(36)40/h3-8,22-23,43H,9-21H2,1-2H3,(H,32,37)(H,33,38)(H,34,41)(H,35,42)/t22-,23-/m1/s1. The maximum Gasteiger partial charge on any atom is 0.253 e. The number of hydrogen-bond acceptors (Lipinski definition) is 12. The highest BCUT2D eigenvalue weighted by molar-refractivity contribution is 6.13. The first kappa shape index (κ1) is 39.9. The Morgan fingerprint density at radius 2 is 1.25 bits per heavy atom. The number of rotatable bonds is 25. The number of anilines is 1. The Kier molecular flexibility index (Phi) is 19.2. The van der Waals surface area contributed by atoms with E-state index in [1.165, 1.54) is 26.0 Å². The molecule has 17 heteroatoms. The van der Waals surface area contributed by atoms with E-state index in [2.05, 4.69) is 26.2 Å². The molecule has 0 radical (unpaired) electrons. The number of nitrogens with one attached hydrogen (secondary N) is 4. The van der Waals surface area contributed by atoms with Gasteiger partial charge in [-0.3, -0.25) is 38.9 Å². The van der Waals surface area contributed by atoms with Crippen LogP contribution in [0, 0.1) is 0 Å². The van der Waals surface area contributed by atoms with Crippen LogP contribution in [0.15, 0.2) is 36.4 Å². The van der Waals surface area contributed by atoms with Crippen LogP contribution in [0.3, 0.4) is 0 Å². The van der Waals surface area contributed by atoms with Crippen LogP contribution in [-0.4, -0.2) is 124 Å². The van der Waals surface area contributed by atoms with Gasteiger partial charge in [-0.2, -0.15) is 0 Å². The van der Waals surface area contributed by atoms with Crippen LogP contribution in [0.4, 0.5) is 5.69 Å². The van der Waals surface area contributed by atoms with Crippen LogP contribution in [0.1, 0.15) is 32.3 Å². The molecule has 1 aliphatic heterocycles. The zero-order valence-corrected chi connectivity index (χ0v) is 27.2. The molecule has 1 aromatic carbocycles. The number of carbonyl (C=O) groups excluding carboxylic acids is 6. The summed E-state index contributed by atoms with van der Waals surface area (Å²) in [4.78, 5) is 76.7. The Balaban J connectivity index is 1.38. The number of nitrogens with zero attached hydrogens (tertiary/aromatic N) is 1. The van der Waals surface area contributed by atoms with Gasteiger partial charge in [-0.05, 0) is 31.5 Å². The topological polar surface area (TPSA) is 220 Å². The predicted octanol–water partition coefficient (Wildman–Crippen LogP) is -0.488. The van der Waals surface area contributed by atoms with Gasteiger partial charge in [0.15, 0.2) is 0 Å². The second-order valence-corrected chi connectivity index (χ2v) is 10.4. The smallest absolute Gasteiger partial charge is 0.253 e. The molecule has 1 aromatic rings. The first-order valence-corrected chi connectivity index (χ1v) is 15.5. The molecule has 0 saturated carbocycles. The van der Waals surface area contributed by atoms with E-state index in [1.807, 2.05) is 0 Å². The van der Waals surface area contributed by atoms with E-state index >= 15 is 0 Å². The Bertz CT molecular complexity index is 1210. The molecule has 2 atom stereocenters. The van der Waals surface area contributed by atoms with Crippen LogP contribution in [0.5, 0.6) is 0 Å². The van der Waals surface area contributed by atoms with Crippen LogP contribution in [0.2, 0.25) is 0 Å². The number of carbonyl (C=O) groups is 6. The number of hydrogen-bond donors (Lipinski definition) is 5. The van der Waals surface area contributed by atoms with Crippen molar-refractivity contribution < 1.29 is 57.9 Å². The first-order valence-electron chi connectivity index (χ1n) is 15.5. The second-order valence-electron chi connectivity index (χ2n) is 10.4. The average molecular weight is 680 g/mol. The zero-order valence-electron chi connectivity index (χ0n) is 27.2. The van der Waals surface area contributed by atoms with Crippen molar-refractivity contribution >= 4 is 41.1 Å². The molecule has 0 bridgehead atoms. The molecule has 0 fully saturated rings. The Morgan fingerprint density at radius 1 is 0.708 bits per heavy atom. The van der Waals surface area contributed by atoms with Crippen molar-refractivity contribution in [1.29, 1.82) is 0 Å². The third-order valence-corrected chi connectivity index (χ3v) is 6.60. The van der Waals surface area contributed by atoms with Crippen LogP contribution < -0.4 is 21.3 Å². The molecule has 0 unspecified atom stereocenters. The quantitative estimate of drug-likeness (QED) is 0.0383. The number of benzene rings is 1. The predicted molar refractivity (Wildman–Crippen MR) is 169 cm³/mol. The van der Waals surface area contributed by atoms with Crippen molar-refractivity contribution in [2.75, 3.05) is 71.3 Å². The van der Waals surface area contributed by atoms with Crippen molar-refractivity contribution in [2.24, 2.45) is 0 Å². The van der Waals surface area contributed by atoms with E-state index in [0.717, 1.165) is 4.90 Å². The molecular formula is C31H45N5O12. The molecule has 6 amide bonds. The summed E-state index contributed by atoms with van der Waals surface area (Å²) in [5.41, 5.74) is 1.22. The fourth-order valence-corrected chi connectivity index (χ4v) is 3.94. The van der Waals surface area contributed by atoms with Gasteiger partial charge in [0.2, 0.25) is 23.6 Å². The van der Waals surface area contributed by atoms with E-state index in [1.54, 1.807) is 24.3 Å². The molecule has 1 heterocycles. The van der Waals surface area contributed by atoms with Gasteiger partial charge in [-0.25, -0.2) is 4.89 Å². The third-order valence-electron chi connectivity index (χ3n) is 6.60. The second kappa shape index (κ2) is 23.1. The number of ether oxygens (including phenoxy) is 4. The van der Waals surface area contributed by atoms with Crippen molar-refractivity contribution in [3.63, 3.8) is 0 Å². The Labute approximate surface area is 278 Å². The molecule has 0 saturated heterocycles. The van der Waals surface area contributed by atoms with Gasteiger partial charge in [0, 0.05) is 43.8 Å². The maximum atomic E-state index is 12.4. The molecule has 0 aromatic heterocycles. The lowest BCUT2D eigenvalue weighted by Crippen LogP contribution is -2.50. The minimum Gasteiger partial charge on any atom is -0.379 e. The van der Waals surface area contributed by atoms with E-state index < -0.39 is 35.7 Å². The molecule has 17 nitrogen and oxygen atoms in total. The summed E-state index contributed by atoms with van der Waals surface area (Å²) in [6, 6.07) is 4.89. The summed E-state index contributed by atoms with van der Waals surface area (Å²) in [6.07, 6.45) is 2.41. The molecule has 48 heavy (non-hydrogen) atoms. The fraction of sp³-hybridized carbons (Fsp3) is 0.548. The monoisotopic (exact) mass is 679 g/mol. The van der Waals surface area contributed by atoms with Gasteiger partial charge < -0.3 is 40.2 Å². The minimum atomic E-state index is -0.865. The van der Waals surface area contributed by atoms with Gasteiger partial charge in [0.05, 0.1) is 52.9 Å². The largest absolute Gasteiger partial charge is 0.379 e. The minimum absolute atomic E-state index is 0.0204. The molecule has 0 spiro atoms. The Morgan fingerprint density at radius 3 is 1.83 bits per heavy atom. The summed E-state index contributed by atoms with van der Waals surface area (Å²) in [5.74, 6) is -2.46. The van der Waals surface area contributed by atoms with Crippen molar-refractivity contribution in [2.45, 2.75) is 45.4 Å². The Hall–Kier alpha value is -4.26. The van der Waals surface area contributed by atoms with Gasteiger partial charge in [-0.1, -0.05) is 12.1 Å². The van der Waals surface area contributed by atoms with E-state index in [-0.39, 0.29) is 57.6 Å². The first-order chi connectivity index (χ1) is 23.1. The van der Waals surface area contributed by atoms with Gasteiger partial charge in [0.25, 0.3) is 11.8 Å². The van der Waals surface area contributed by atoms with E-state index in [0.29, 0.717) is 50.8 Å². The summed E-state index contributed by atoms with van der Waals surface area (Å²) >= 11 is 0. The van der Waals surface area contributed by atoms with Crippen molar-refractivity contribution in [1.82, 2.24) is 20.9 Å². The highest BCUT2D eigenvalue weighted by atomic mass is 17.1. The SMILES string of the molecule is C[C@@H](NC(=O)CCOCCOCCOCCOCCNC(=O)CCN1C(=O)C=CC1=O)C(=O)N[C@H](C)C(=O)Nc1ccc(COO)cc1. The summed E-state index contributed by atoms with van der Waals surface area (Å²) in [5, 5.41) is 18.9. The lowest BCUT2D eigenvalue weighted by molar-refractivity contribution is -0.253. The zero-order chi connectivity index (χ0) is 35.1. The van der Waals surface area contributed by atoms with Crippen LogP contribution in [0.25, 0.3) is 0 Å². The van der Waals surface area contributed by atoms with Gasteiger partial charge in [0.1, 0.15) is 18.7 Å². The van der Waals surface area contributed by atoms with Crippen LogP contribution in [-0.2, 0) is 59.2 Å². The third kappa shape index (κ3) is 16.5. The fourth-order valence-electron chi connectivity index (χ4n) is 3.94. The molecule has 0 aliphatic carbocycles. The van der Waals surface area contributed by atoms with E-state index in [4.69, 9.17) is 24.2 Å². The molecular weight excluding hydrogens is 634 g/mol. The number of amides is 6. The van der Waals surface area contributed by atoms with E-state index in [9.17, 15) is 28.8 Å². The highest BCUT2D eigenvalue weighted by Gasteiger charge is 2.23. The maximum absolute atomic E-state index is 12.4. The summed E-state index contributed by atoms with van der Waals surface area (Å²) < 4.78 is 21.6. The lowest BCUT2D eigenvalue weighted by Gasteiger charge is -2.18. The molecule has 2 rings (SSSR count). The van der Waals surface area contributed by atoms with Gasteiger partial charge >= 0.3 is 0 Å². The van der Waals surface area contributed by atoms with Crippen molar-refractivity contribution in [3.05, 3.63) is 42.0 Å². The summed E-state index contributed by atoms with van der Waals surface area (Å²) in [6.45, 7) is 5.73. The number of imide groups is 1. The lowest BCUT2D eigenvalue weighted by atomic mass is 10.2. The van der Waals surface area contributed by atoms with Crippen LogP contribution >= 0.6 is 0 Å². The molecule has 1 aliphatic rings. The summed E-state index contributed by atoms with van der Waals surface area (Å²) in [7, 11) is 0. The average Bonchev–Trinajstić information content (AvgIpc) is 3.38. The molecule has 266 valence electrons. The highest BCUT2D eigenvalue weighted by Crippen LogP contribution is 2.10. The van der Waals surface area contributed by atoms with Crippen molar-refractivity contribution in [3.8, 4) is 0 Å².